The number of amides is 1. The third kappa shape index (κ3) is 4.10. The molecule has 30 heavy (non-hydrogen) atoms. The molecule has 1 aromatic heterocycles. The van der Waals surface area contributed by atoms with Gasteiger partial charge in [0.2, 0.25) is 15.6 Å². The van der Waals surface area contributed by atoms with E-state index in [-0.39, 0.29) is 40.1 Å². The summed E-state index contributed by atoms with van der Waals surface area (Å²) in [5.41, 5.74) is -0.428. The Morgan fingerprint density at radius 2 is 1.73 bits per heavy atom. The molecule has 0 unspecified atom stereocenters. The van der Waals surface area contributed by atoms with Crippen LogP contribution < -0.4 is 10.9 Å². The molecule has 0 saturated heterocycles. The fourth-order valence-electron chi connectivity index (χ4n) is 3.07. The Kier molecular flexibility index (Phi) is 5.99. The second kappa shape index (κ2) is 8.33. The average molecular weight is 435 g/mol. The minimum Gasteiger partial charge on any atom is -0.322 e. The lowest BCUT2D eigenvalue weighted by Gasteiger charge is -2.19. The van der Waals surface area contributed by atoms with Gasteiger partial charge in [0.25, 0.3) is 5.91 Å². The highest BCUT2D eigenvalue weighted by molar-refractivity contribution is 7.89. The van der Waals surface area contributed by atoms with Gasteiger partial charge in [-0.25, -0.2) is 17.2 Å². The number of benzene rings is 2. The van der Waals surface area contributed by atoms with Crippen molar-refractivity contribution in [3.63, 3.8) is 0 Å². The van der Waals surface area contributed by atoms with Crippen LogP contribution in [0.5, 0.6) is 0 Å². The summed E-state index contributed by atoms with van der Waals surface area (Å²) in [6.45, 7) is 3.96. The van der Waals surface area contributed by atoms with Crippen molar-refractivity contribution in [2.45, 2.75) is 18.7 Å². The van der Waals surface area contributed by atoms with Crippen LogP contribution in [0.2, 0.25) is 0 Å². The average Bonchev–Trinajstić information content (AvgIpc) is 2.70. The smallest absolute Gasteiger partial charge is 0.256 e. The van der Waals surface area contributed by atoms with Crippen LogP contribution in [0.4, 0.5) is 14.5 Å². The molecule has 158 valence electrons. The molecule has 0 bridgehead atoms. The Balaban J connectivity index is 2.10. The van der Waals surface area contributed by atoms with E-state index in [4.69, 9.17) is 0 Å². The lowest BCUT2D eigenvalue weighted by atomic mass is 10.1. The number of carbonyl (C=O) groups excluding carboxylic acids is 1. The van der Waals surface area contributed by atoms with Crippen molar-refractivity contribution in [2.24, 2.45) is 0 Å². The number of hydrogen-bond acceptors (Lipinski definition) is 4. The highest BCUT2D eigenvalue weighted by Gasteiger charge is 2.23. The van der Waals surface area contributed by atoms with Crippen molar-refractivity contribution in [2.75, 3.05) is 18.4 Å². The van der Waals surface area contributed by atoms with Gasteiger partial charge in [-0.15, -0.1) is 0 Å². The maximum atomic E-state index is 13.4. The van der Waals surface area contributed by atoms with E-state index in [0.29, 0.717) is 0 Å². The third-order valence-corrected chi connectivity index (χ3v) is 6.63. The highest BCUT2D eigenvalue weighted by atomic mass is 32.2. The van der Waals surface area contributed by atoms with Gasteiger partial charge in [0.05, 0.1) is 10.5 Å². The van der Waals surface area contributed by atoms with Gasteiger partial charge in [0.15, 0.2) is 11.6 Å². The van der Waals surface area contributed by atoms with Crippen molar-refractivity contribution >= 4 is 32.5 Å². The monoisotopic (exact) mass is 435 g/mol. The molecule has 7 nitrogen and oxygen atoms in total. The summed E-state index contributed by atoms with van der Waals surface area (Å²) >= 11 is 0. The number of H-pyrrole nitrogens is 1. The molecule has 3 aromatic rings. The predicted molar refractivity (Wildman–Crippen MR) is 109 cm³/mol. The molecule has 1 heterocycles. The number of nitrogens with zero attached hydrogens (tertiary/aromatic N) is 1. The van der Waals surface area contributed by atoms with Gasteiger partial charge in [-0.1, -0.05) is 13.8 Å². The second-order valence-corrected chi connectivity index (χ2v) is 8.36. The van der Waals surface area contributed by atoms with Crippen LogP contribution in [0.3, 0.4) is 0 Å². The first-order chi connectivity index (χ1) is 14.2. The number of aromatic amines is 1. The minimum atomic E-state index is -3.80. The first-order valence-electron chi connectivity index (χ1n) is 9.11. The third-order valence-electron chi connectivity index (χ3n) is 4.58. The molecule has 0 aliphatic carbocycles. The Hall–Kier alpha value is -3.11. The molecule has 0 fully saturated rings. The summed E-state index contributed by atoms with van der Waals surface area (Å²) in [5, 5.41) is 2.59. The molecule has 0 spiro atoms. The quantitative estimate of drug-likeness (QED) is 0.622. The van der Waals surface area contributed by atoms with Gasteiger partial charge in [0.1, 0.15) is 0 Å². The van der Waals surface area contributed by atoms with E-state index in [0.717, 1.165) is 18.2 Å². The largest absolute Gasteiger partial charge is 0.322 e. The van der Waals surface area contributed by atoms with E-state index in [1.54, 1.807) is 13.8 Å². The fourth-order valence-corrected chi connectivity index (χ4v) is 4.55. The second-order valence-electron chi connectivity index (χ2n) is 6.43. The number of nitrogens with one attached hydrogen (secondary N) is 2. The summed E-state index contributed by atoms with van der Waals surface area (Å²) in [6.07, 6.45) is 0. The van der Waals surface area contributed by atoms with Crippen LogP contribution in [0, 0.1) is 11.6 Å². The molecular weight excluding hydrogens is 416 g/mol. The van der Waals surface area contributed by atoms with Crippen molar-refractivity contribution < 1.29 is 22.0 Å². The summed E-state index contributed by atoms with van der Waals surface area (Å²) in [5.74, 6) is -2.98. The highest BCUT2D eigenvalue weighted by Crippen LogP contribution is 2.24. The number of sulfonamides is 1. The van der Waals surface area contributed by atoms with Gasteiger partial charge in [-0.05, 0) is 30.3 Å². The van der Waals surface area contributed by atoms with Crippen LogP contribution in [0.1, 0.15) is 24.2 Å². The molecule has 2 N–H and O–H groups in total. The van der Waals surface area contributed by atoms with E-state index in [1.165, 1.54) is 28.6 Å². The van der Waals surface area contributed by atoms with Crippen LogP contribution in [-0.4, -0.2) is 36.7 Å². The lowest BCUT2D eigenvalue weighted by molar-refractivity contribution is 0.102. The fraction of sp³-hybridized carbons (Fsp3) is 0.200. The van der Waals surface area contributed by atoms with Crippen molar-refractivity contribution in [3.8, 4) is 0 Å². The summed E-state index contributed by atoms with van der Waals surface area (Å²) < 4.78 is 53.4. The number of anilines is 1. The van der Waals surface area contributed by atoms with E-state index < -0.39 is 33.1 Å². The van der Waals surface area contributed by atoms with Crippen molar-refractivity contribution in [1.82, 2.24) is 9.29 Å². The number of aromatic nitrogens is 1. The number of rotatable bonds is 6. The van der Waals surface area contributed by atoms with Crippen molar-refractivity contribution in [1.29, 1.82) is 0 Å². The Bertz CT molecular complexity index is 1280. The lowest BCUT2D eigenvalue weighted by Crippen LogP contribution is -2.30. The van der Waals surface area contributed by atoms with Gasteiger partial charge >= 0.3 is 0 Å². The zero-order chi connectivity index (χ0) is 22.1. The Morgan fingerprint density at radius 1 is 1.03 bits per heavy atom. The zero-order valence-electron chi connectivity index (χ0n) is 16.2. The molecule has 3 rings (SSSR count). The molecule has 0 radical (unpaired) electrons. The van der Waals surface area contributed by atoms with Crippen LogP contribution in [-0.2, 0) is 10.0 Å². The number of carbonyl (C=O) groups is 1. The summed E-state index contributed by atoms with van der Waals surface area (Å²) in [7, 11) is -3.80. The van der Waals surface area contributed by atoms with Crippen LogP contribution in [0.25, 0.3) is 10.9 Å². The maximum Gasteiger partial charge on any atom is 0.256 e. The number of fused-ring (bicyclic) bond motifs is 1. The number of halogens is 2. The molecule has 10 heteroatoms. The van der Waals surface area contributed by atoms with Gasteiger partial charge in [-0.3, -0.25) is 9.59 Å². The predicted octanol–water partition coefficient (Wildman–Crippen LogP) is 3.09. The van der Waals surface area contributed by atoms with E-state index in [1.807, 2.05) is 0 Å². The topological polar surface area (TPSA) is 99.3 Å². The van der Waals surface area contributed by atoms with Gasteiger partial charge in [0, 0.05) is 41.8 Å². The Labute approximate surface area is 171 Å². The first-order valence-corrected chi connectivity index (χ1v) is 10.5. The zero-order valence-corrected chi connectivity index (χ0v) is 17.0. The molecular formula is C20H19F2N3O4S. The van der Waals surface area contributed by atoms with Gasteiger partial charge in [-0.2, -0.15) is 4.31 Å². The number of hydrogen-bond donors (Lipinski definition) is 2. The minimum absolute atomic E-state index is 0.0146. The standard InChI is InChI=1S/C20H19F2N3O4S/c1-3-25(4-2)30(28,29)13-6-8-18-14(10-13)15(11-19(26)24-18)20(27)23-12-5-7-16(21)17(22)9-12/h5-11H,3-4H2,1-2H3,(H,23,27)(H,24,26). The van der Waals surface area contributed by atoms with Crippen LogP contribution in [0.15, 0.2) is 52.2 Å². The molecule has 0 aliphatic heterocycles. The van der Waals surface area contributed by atoms with E-state index in [2.05, 4.69) is 10.3 Å². The number of pyridine rings is 1. The maximum absolute atomic E-state index is 13.4. The first kappa shape index (κ1) is 21.6. The molecule has 0 saturated carbocycles. The van der Waals surface area contributed by atoms with E-state index >= 15 is 0 Å². The van der Waals surface area contributed by atoms with Gasteiger partial charge < -0.3 is 10.3 Å². The molecule has 0 aliphatic rings. The van der Waals surface area contributed by atoms with Crippen molar-refractivity contribution in [3.05, 3.63) is 70.0 Å². The molecule has 0 atom stereocenters. The normalized spacial score (nSPS) is 11.8. The summed E-state index contributed by atoms with van der Waals surface area (Å²) in [6, 6.07) is 7.91. The van der Waals surface area contributed by atoms with Crippen LogP contribution >= 0.6 is 0 Å². The SMILES string of the molecule is CCN(CC)S(=O)(=O)c1ccc2[nH]c(=O)cc(C(=O)Nc3ccc(F)c(F)c3)c2c1. The summed E-state index contributed by atoms with van der Waals surface area (Å²) in [4.78, 5) is 27.2. The van der Waals surface area contributed by atoms with E-state index in [9.17, 15) is 26.8 Å². The molecule has 2 aromatic carbocycles. The molecule has 1 amide bonds. The Morgan fingerprint density at radius 3 is 2.37 bits per heavy atom.